The standard InChI is InChI=1S/C25H24N2O7S/c1-3-34-25(28)22(12-16-8-11-24(33-2)23(13-16)27(29)30)26-35(31,32)19-9-10-21-18(15-19)14-17-6-4-5-7-20(17)21/h4-11,13,15,22,26H,3,12,14H2,1-2H3/t22-/m0/s1. The Balaban J connectivity index is 1.61. The van der Waals surface area contributed by atoms with Gasteiger partial charge in [0.1, 0.15) is 6.04 Å². The van der Waals surface area contributed by atoms with E-state index in [4.69, 9.17) is 9.47 Å². The summed E-state index contributed by atoms with van der Waals surface area (Å²) in [6.45, 7) is 1.66. The normalized spacial score (nSPS) is 13.0. The van der Waals surface area contributed by atoms with Gasteiger partial charge in [0.25, 0.3) is 0 Å². The van der Waals surface area contributed by atoms with Crippen LogP contribution in [0, 0.1) is 10.1 Å². The van der Waals surface area contributed by atoms with Gasteiger partial charge in [-0.05, 0) is 65.8 Å². The largest absolute Gasteiger partial charge is 0.490 e. The highest BCUT2D eigenvalue weighted by molar-refractivity contribution is 7.89. The Bertz CT molecular complexity index is 1400. The number of hydrogen-bond acceptors (Lipinski definition) is 7. The Morgan fingerprint density at radius 3 is 2.54 bits per heavy atom. The molecule has 1 N–H and O–H groups in total. The van der Waals surface area contributed by atoms with E-state index in [1.165, 1.54) is 25.3 Å². The van der Waals surface area contributed by atoms with Crippen LogP contribution in [0.25, 0.3) is 11.1 Å². The number of carbonyl (C=O) groups excluding carboxylic acids is 1. The van der Waals surface area contributed by atoms with Crippen LogP contribution in [0.5, 0.6) is 5.75 Å². The van der Waals surface area contributed by atoms with Crippen molar-refractivity contribution in [2.75, 3.05) is 13.7 Å². The van der Waals surface area contributed by atoms with E-state index in [9.17, 15) is 23.3 Å². The molecular weight excluding hydrogens is 472 g/mol. The number of methoxy groups -OCH3 is 1. The smallest absolute Gasteiger partial charge is 0.324 e. The molecule has 9 nitrogen and oxygen atoms in total. The lowest BCUT2D eigenvalue weighted by Crippen LogP contribution is -2.43. The van der Waals surface area contributed by atoms with Crippen molar-refractivity contribution in [1.82, 2.24) is 4.72 Å². The molecule has 10 heteroatoms. The van der Waals surface area contributed by atoms with Gasteiger partial charge in [-0.15, -0.1) is 0 Å². The molecule has 0 aromatic heterocycles. The maximum absolute atomic E-state index is 13.2. The first-order valence-electron chi connectivity index (χ1n) is 10.9. The molecule has 0 saturated carbocycles. The lowest BCUT2D eigenvalue weighted by molar-refractivity contribution is -0.385. The molecule has 0 spiro atoms. The van der Waals surface area contributed by atoms with Gasteiger partial charge in [0.2, 0.25) is 10.0 Å². The molecule has 0 heterocycles. The van der Waals surface area contributed by atoms with Gasteiger partial charge in [-0.3, -0.25) is 14.9 Å². The molecule has 3 aromatic rings. The number of nitrogens with zero attached hydrogens (tertiary/aromatic N) is 1. The molecule has 35 heavy (non-hydrogen) atoms. The van der Waals surface area contributed by atoms with Crippen LogP contribution in [0.3, 0.4) is 0 Å². The van der Waals surface area contributed by atoms with Gasteiger partial charge >= 0.3 is 11.7 Å². The maximum Gasteiger partial charge on any atom is 0.324 e. The summed E-state index contributed by atoms with van der Waals surface area (Å²) in [6, 6.07) is 15.7. The fourth-order valence-corrected chi connectivity index (χ4v) is 5.44. The first-order chi connectivity index (χ1) is 16.7. The number of sulfonamides is 1. The van der Waals surface area contributed by atoms with Crippen LogP contribution in [0.15, 0.2) is 65.6 Å². The summed E-state index contributed by atoms with van der Waals surface area (Å²) in [5.74, 6) is -0.714. The summed E-state index contributed by atoms with van der Waals surface area (Å²) in [6.07, 6.45) is 0.477. The third kappa shape index (κ3) is 5.03. The van der Waals surface area contributed by atoms with Gasteiger partial charge in [0.05, 0.1) is 23.5 Å². The minimum Gasteiger partial charge on any atom is -0.490 e. The van der Waals surface area contributed by atoms with E-state index in [0.29, 0.717) is 12.0 Å². The first kappa shape index (κ1) is 24.4. The van der Waals surface area contributed by atoms with Gasteiger partial charge in [-0.2, -0.15) is 4.72 Å². The van der Waals surface area contributed by atoms with Crippen LogP contribution in [0.4, 0.5) is 5.69 Å². The lowest BCUT2D eigenvalue weighted by atomic mass is 10.1. The number of esters is 1. The Hall–Kier alpha value is -3.76. The predicted molar refractivity (Wildman–Crippen MR) is 129 cm³/mol. The lowest BCUT2D eigenvalue weighted by Gasteiger charge is -2.18. The van der Waals surface area contributed by atoms with E-state index in [0.717, 1.165) is 22.3 Å². The zero-order valence-electron chi connectivity index (χ0n) is 19.2. The molecule has 1 aliphatic carbocycles. The highest BCUT2D eigenvalue weighted by Crippen LogP contribution is 2.37. The van der Waals surface area contributed by atoms with Crippen LogP contribution in [0.1, 0.15) is 23.6 Å². The summed E-state index contributed by atoms with van der Waals surface area (Å²) < 4.78 is 39.0. The van der Waals surface area contributed by atoms with Crippen LogP contribution in [0.2, 0.25) is 0 Å². The van der Waals surface area contributed by atoms with E-state index in [2.05, 4.69) is 4.72 Å². The van der Waals surface area contributed by atoms with Crippen molar-refractivity contribution < 1.29 is 27.6 Å². The van der Waals surface area contributed by atoms with Crippen molar-refractivity contribution in [3.8, 4) is 16.9 Å². The molecule has 3 aromatic carbocycles. The highest BCUT2D eigenvalue weighted by Gasteiger charge is 2.29. The Morgan fingerprint density at radius 2 is 1.83 bits per heavy atom. The van der Waals surface area contributed by atoms with Gasteiger partial charge in [-0.1, -0.05) is 36.4 Å². The highest BCUT2D eigenvalue weighted by atomic mass is 32.2. The van der Waals surface area contributed by atoms with Crippen molar-refractivity contribution >= 4 is 21.7 Å². The van der Waals surface area contributed by atoms with Crippen LogP contribution in [-0.4, -0.2) is 39.1 Å². The number of ether oxygens (including phenoxy) is 2. The number of carbonyl (C=O) groups is 1. The first-order valence-corrected chi connectivity index (χ1v) is 12.4. The number of nitrogens with one attached hydrogen (secondary N) is 1. The topological polar surface area (TPSA) is 125 Å². The Morgan fingerprint density at radius 1 is 1.09 bits per heavy atom. The number of rotatable bonds is 9. The van der Waals surface area contributed by atoms with Crippen LogP contribution in [-0.2, 0) is 32.4 Å². The minimum absolute atomic E-state index is 0.0269. The summed E-state index contributed by atoms with van der Waals surface area (Å²) in [4.78, 5) is 23.4. The molecule has 4 rings (SSSR count). The van der Waals surface area contributed by atoms with Crippen molar-refractivity contribution in [3.63, 3.8) is 0 Å². The SMILES string of the molecule is CCOC(=O)[C@H](Cc1ccc(OC)c([N+](=O)[O-])c1)NS(=O)(=O)c1ccc2c(c1)Cc1ccccc1-2. The number of hydrogen-bond donors (Lipinski definition) is 1. The second-order valence-corrected chi connectivity index (χ2v) is 9.76. The molecule has 0 bridgehead atoms. The van der Waals surface area contributed by atoms with E-state index >= 15 is 0 Å². The molecule has 0 unspecified atom stereocenters. The fourth-order valence-electron chi connectivity index (χ4n) is 4.20. The van der Waals surface area contributed by atoms with Crippen molar-refractivity contribution in [2.45, 2.75) is 30.7 Å². The Labute approximate surface area is 202 Å². The number of nitro groups is 1. The molecule has 182 valence electrons. The minimum atomic E-state index is -4.10. The van der Waals surface area contributed by atoms with Gasteiger partial charge < -0.3 is 9.47 Å². The van der Waals surface area contributed by atoms with Gasteiger partial charge in [0, 0.05) is 6.07 Å². The number of benzene rings is 3. The second kappa shape index (κ2) is 9.85. The number of fused-ring (bicyclic) bond motifs is 3. The molecule has 0 amide bonds. The molecule has 0 radical (unpaired) electrons. The zero-order valence-corrected chi connectivity index (χ0v) is 20.0. The molecule has 0 fully saturated rings. The predicted octanol–water partition coefficient (Wildman–Crippen LogP) is 3.63. The van der Waals surface area contributed by atoms with Crippen molar-refractivity contribution in [2.24, 2.45) is 0 Å². The van der Waals surface area contributed by atoms with E-state index < -0.39 is 27.0 Å². The van der Waals surface area contributed by atoms with E-state index in [1.54, 1.807) is 25.1 Å². The van der Waals surface area contributed by atoms with Gasteiger partial charge in [-0.25, -0.2) is 8.42 Å². The van der Waals surface area contributed by atoms with E-state index in [-0.39, 0.29) is 29.4 Å². The monoisotopic (exact) mass is 496 g/mol. The molecule has 1 atom stereocenters. The number of nitro benzene ring substituents is 1. The maximum atomic E-state index is 13.2. The van der Waals surface area contributed by atoms with Gasteiger partial charge in [0.15, 0.2) is 5.75 Å². The molecular formula is C25H24N2O7S. The molecule has 1 aliphatic rings. The fraction of sp³-hybridized carbons (Fsp3) is 0.240. The average Bonchev–Trinajstić information content (AvgIpc) is 3.21. The van der Waals surface area contributed by atoms with E-state index in [1.807, 2.05) is 24.3 Å². The van der Waals surface area contributed by atoms with Crippen LogP contribution < -0.4 is 9.46 Å². The molecule has 0 aliphatic heterocycles. The summed E-state index contributed by atoms with van der Waals surface area (Å²) in [5, 5.41) is 11.4. The van der Waals surface area contributed by atoms with Crippen molar-refractivity contribution in [1.29, 1.82) is 0 Å². The van der Waals surface area contributed by atoms with Crippen LogP contribution >= 0.6 is 0 Å². The summed E-state index contributed by atoms with van der Waals surface area (Å²) >= 11 is 0. The summed E-state index contributed by atoms with van der Waals surface area (Å²) in [5.41, 5.74) is 4.15. The van der Waals surface area contributed by atoms with Crippen molar-refractivity contribution in [3.05, 3.63) is 87.5 Å². The quantitative estimate of drug-likeness (QED) is 0.213. The summed E-state index contributed by atoms with van der Waals surface area (Å²) in [7, 11) is -2.79. The second-order valence-electron chi connectivity index (χ2n) is 8.05. The third-order valence-corrected chi connectivity index (χ3v) is 7.29. The Kier molecular flexibility index (Phi) is 6.86. The zero-order chi connectivity index (χ0) is 25.2. The average molecular weight is 497 g/mol. The molecule has 0 saturated heterocycles. The third-order valence-electron chi connectivity index (χ3n) is 5.82.